The first-order valence-electron chi connectivity index (χ1n) is 11.6. The first-order chi connectivity index (χ1) is 18.0. The van der Waals surface area contributed by atoms with Crippen LogP contribution in [0.15, 0.2) is 53.9 Å². The van der Waals surface area contributed by atoms with E-state index >= 15 is 0 Å². The molecule has 2 aromatic carbocycles. The lowest BCUT2D eigenvalue weighted by Crippen LogP contribution is -2.42. The highest BCUT2D eigenvalue weighted by Gasteiger charge is 2.37. The molecular weight excluding hydrogens is 478 g/mol. The zero-order valence-corrected chi connectivity index (χ0v) is 20.3. The third kappa shape index (κ3) is 4.39. The monoisotopic (exact) mass is 503 g/mol. The minimum Gasteiger partial charge on any atom is -0.493 e. The summed E-state index contributed by atoms with van der Waals surface area (Å²) in [5.41, 5.74) is 9.13. The van der Waals surface area contributed by atoms with Crippen molar-refractivity contribution in [3.05, 3.63) is 65.0 Å². The van der Waals surface area contributed by atoms with Gasteiger partial charge in [0, 0.05) is 13.1 Å². The maximum absolute atomic E-state index is 12.8. The molecule has 0 radical (unpaired) electrons. The second-order valence-corrected chi connectivity index (χ2v) is 8.33. The number of aromatic nitrogens is 2. The van der Waals surface area contributed by atoms with Crippen molar-refractivity contribution in [1.82, 2.24) is 15.1 Å². The van der Waals surface area contributed by atoms with Gasteiger partial charge >= 0.3 is 6.09 Å². The van der Waals surface area contributed by atoms with Crippen molar-refractivity contribution < 1.29 is 28.5 Å². The molecular formula is C26H25N5O6. The number of carbonyl (C=O) groups is 1. The number of hydrogen-bond acceptors (Lipinski definition) is 9. The van der Waals surface area contributed by atoms with E-state index < -0.39 is 12.0 Å². The highest BCUT2D eigenvalue weighted by atomic mass is 16.6. The molecule has 5 rings (SSSR count). The molecule has 1 aromatic heterocycles. The quantitative estimate of drug-likeness (QED) is 0.536. The molecule has 0 bridgehead atoms. The topological polar surface area (TPSA) is 145 Å². The van der Waals surface area contributed by atoms with Crippen LogP contribution in [0.1, 0.15) is 17.0 Å². The van der Waals surface area contributed by atoms with Crippen LogP contribution in [0.3, 0.4) is 0 Å². The number of rotatable bonds is 5. The van der Waals surface area contributed by atoms with E-state index in [9.17, 15) is 10.1 Å². The van der Waals surface area contributed by atoms with E-state index in [1.54, 1.807) is 17.0 Å². The van der Waals surface area contributed by atoms with E-state index in [2.05, 4.69) is 16.3 Å². The third-order valence-corrected chi connectivity index (χ3v) is 6.28. The first kappa shape index (κ1) is 24.0. The van der Waals surface area contributed by atoms with Crippen molar-refractivity contribution in [2.45, 2.75) is 5.92 Å². The number of methoxy groups -OCH3 is 2. The molecule has 1 saturated heterocycles. The standard InChI is InChI=1S/C26H25N5O6/c1-33-18-12-16(13-19(34-2)23(18)36-26(32)31-8-10-35-11-9-31)20-17(14-27)24(28)37-25-21(20)22(29-30-25)15-6-4-3-5-7-15/h3-7,12-13,20H,8-11,28H2,1-2H3,(H,29,30). The Morgan fingerprint density at radius 2 is 1.84 bits per heavy atom. The molecule has 3 heterocycles. The molecule has 11 heteroatoms. The highest BCUT2D eigenvalue weighted by Crippen LogP contribution is 2.49. The fourth-order valence-electron chi connectivity index (χ4n) is 4.47. The van der Waals surface area contributed by atoms with Crippen LogP contribution < -0.4 is 24.7 Å². The van der Waals surface area contributed by atoms with Crippen LogP contribution in [-0.4, -0.2) is 61.7 Å². The van der Waals surface area contributed by atoms with Crippen LogP contribution in [0.5, 0.6) is 23.1 Å². The summed E-state index contributed by atoms with van der Waals surface area (Å²) < 4.78 is 27.9. The van der Waals surface area contributed by atoms with E-state index in [-0.39, 0.29) is 34.6 Å². The van der Waals surface area contributed by atoms with Gasteiger partial charge in [-0.25, -0.2) is 4.79 Å². The summed E-state index contributed by atoms with van der Waals surface area (Å²) in [5, 5.41) is 17.4. The van der Waals surface area contributed by atoms with Crippen molar-refractivity contribution in [3.8, 4) is 40.5 Å². The molecule has 3 N–H and O–H groups in total. The van der Waals surface area contributed by atoms with Crippen LogP contribution in [0.2, 0.25) is 0 Å². The zero-order chi connectivity index (χ0) is 25.9. The number of carbonyl (C=O) groups excluding carboxylic acids is 1. The molecule has 1 amide bonds. The van der Waals surface area contributed by atoms with E-state index in [1.807, 2.05) is 30.3 Å². The van der Waals surface area contributed by atoms with Gasteiger partial charge in [0.05, 0.1) is 44.6 Å². The summed E-state index contributed by atoms with van der Waals surface area (Å²) in [5.74, 6) is 0.195. The Labute approximate surface area is 212 Å². The SMILES string of the molecule is COc1cc(C2C(C#N)=C(N)Oc3n[nH]c(-c4ccccc4)c32)cc(OC)c1OC(=O)N1CCOCC1. The number of amides is 1. The Hall–Kier alpha value is -4.69. The molecule has 0 saturated carbocycles. The zero-order valence-electron chi connectivity index (χ0n) is 20.3. The summed E-state index contributed by atoms with van der Waals surface area (Å²) in [6.45, 7) is 1.72. The number of hydrogen-bond donors (Lipinski definition) is 2. The van der Waals surface area contributed by atoms with E-state index in [1.165, 1.54) is 14.2 Å². The number of morpholine rings is 1. The van der Waals surface area contributed by atoms with E-state index in [0.29, 0.717) is 43.1 Å². The van der Waals surface area contributed by atoms with Gasteiger partial charge < -0.3 is 34.3 Å². The molecule has 37 heavy (non-hydrogen) atoms. The lowest BCUT2D eigenvalue weighted by atomic mass is 9.82. The summed E-state index contributed by atoms with van der Waals surface area (Å²) >= 11 is 0. The first-order valence-corrected chi connectivity index (χ1v) is 11.6. The lowest BCUT2D eigenvalue weighted by Gasteiger charge is -2.27. The minimum absolute atomic E-state index is 0.0492. The second kappa shape index (κ2) is 10.1. The third-order valence-electron chi connectivity index (χ3n) is 6.28. The van der Waals surface area contributed by atoms with Gasteiger partial charge in [-0.2, -0.15) is 5.26 Å². The number of allylic oxidation sites excluding steroid dienone is 1. The average Bonchev–Trinajstić information content (AvgIpc) is 3.36. The van der Waals surface area contributed by atoms with Crippen molar-refractivity contribution in [3.63, 3.8) is 0 Å². The molecule has 3 aromatic rings. The van der Waals surface area contributed by atoms with Crippen molar-refractivity contribution in [2.75, 3.05) is 40.5 Å². The van der Waals surface area contributed by atoms with Crippen molar-refractivity contribution in [2.24, 2.45) is 5.73 Å². The Balaban J connectivity index is 1.61. The van der Waals surface area contributed by atoms with Gasteiger partial charge in [-0.15, -0.1) is 5.10 Å². The average molecular weight is 504 g/mol. The van der Waals surface area contributed by atoms with Gasteiger partial charge in [-0.05, 0) is 23.3 Å². The molecule has 1 unspecified atom stereocenters. The largest absolute Gasteiger partial charge is 0.493 e. The molecule has 1 fully saturated rings. The summed E-state index contributed by atoms with van der Waals surface area (Å²) in [6.07, 6.45) is -0.538. The van der Waals surface area contributed by atoms with Gasteiger partial charge in [0.2, 0.25) is 17.5 Å². The number of H-pyrrole nitrogens is 1. The van der Waals surface area contributed by atoms with Crippen molar-refractivity contribution in [1.29, 1.82) is 5.26 Å². The fraction of sp³-hybridized carbons (Fsp3) is 0.269. The number of ether oxygens (including phenoxy) is 5. The van der Waals surface area contributed by atoms with Crippen LogP contribution >= 0.6 is 0 Å². The van der Waals surface area contributed by atoms with Crippen LogP contribution in [0.25, 0.3) is 11.3 Å². The molecule has 0 spiro atoms. The minimum atomic E-state index is -0.658. The normalized spacial score (nSPS) is 16.9. The maximum atomic E-state index is 12.8. The number of fused-ring (bicyclic) bond motifs is 1. The number of nitriles is 1. The van der Waals surface area contributed by atoms with E-state index in [4.69, 9.17) is 29.4 Å². The highest BCUT2D eigenvalue weighted by molar-refractivity contribution is 5.75. The van der Waals surface area contributed by atoms with Gasteiger partial charge in [0.25, 0.3) is 0 Å². The number of nitrogens with zero attached hydrogens (tertiary/aromatic N) is 3. The maximum Gasteiger partial charge on any atom is 0.415 e. The molecule has 2 aliphatic rings. The molecule has 11 nitrogen and oxygen atoms in total. The Bertz CT molecular complexity index is 1360. The fourth-order valence-corrected chi connectivity index (χ4v) is 4.47. The number of aromatic amines is 1. The summed E-state index contributed by atoms with van der Waals surface area (Å²) in [7, 11) is 2.92. The number of nitrogens with one attached hydrogen (secondary N) is 1. The van der Waals surface area contributed by atoms with Crippen LogP contribution in [-0.2, 0) is 4.74 Å². The smallest absolute Gasteiger partial charge is 0.415 e. The van der Waals surface area contributed by atoms with Gasteiger partial charge in [0.15, 0.2) is 11.5 Å². The van der Waals surface area contributed by atoms with Gasteiger partial charge in [-0.3, -0.25) is 5.10 Å². The Morgan fingerprint density at radius 3 is 2.46 bits per heavy atom. The molecule has 190 valence electrons. The summed E-state index contributed by atoms with van der Waals surface area (Å²) in [4.78, 5) is 14.4. The van der Waals surface area contributed by atoms with Gasteiger partial charge in [-0.1, -0.05) is 30.3 Å². The van der Waals surface area contributed by atoms with Crippen molar-refractivity contribution >= 4 is 6.09 Å². The number of nitrogens with two attached hydrogens (primary N) is 1. The second-order valence-electron chi connectivity index (χ2n) is 8.33. The lowest BCUT2D eigenvalue weighted by molar-refractivity contribution is 0.0411. The van der Waals surface area contributed by atoms with Gasteiger partial charge in [0.1, 0.15) is 11.6 Å². The number of benzene rings is 2. The molecule has 1 atom stereocenters. The Morgan fingerprint density at radius 1 is 1.16 bits per heavy atom. The Kier molecular flexibility index (Phi) is 6.57. The molecule has 2 aliphatic heterocycles. The van der Waals surface area contributed by atoms with Crippen LogP contribution in [0, 0.1) is 11.3 Å². The molecule has 0 aliphatic carbocycles. The van der Waals surface area contributed by atoms with E-state index in [0.717, 1.165) is 5.56 Å². The van der Waals surface area contributed by atoms with Crippen LogP contribution in [0.4, 0.5) is 4.79 Å². The predicted octanol–water partition coefficient (Wildman–Crippen LogP) is 3.14. The summed E-state index contributed by atoms with van der Waals surface area (Å²) in [6, 6.07) is 15.1. The predicted molar refractivity (Wildman–Crippen MR) is 131 cm³/mol.